The number of aryl methyl sites for hydroxylation is 3. The minimum Gasteiger partial charge on any atom is -0.0614 e. The largest absolute Gasteiger partial charge is 0.0614 e. The topological polar surface area (TPSA) is 0 Å². The first kappa shape index (κ1) is 10.6. The van der Waals surface area contributed by atoms with E-state index in [9.17, 15) is 0 Å². The molecule has 0 N–H and O–H groups in total. The van der Waals surface area contributed by atoms with Crippen LogP contribution in [0.1, 0.15) is 28.7 Å². The number of hydrogen-bond acceptors (Lipinski definition) is 0. The summed E-state index contributed by atoms with van der Waals surface area (Å²) in [5.41, 5.74) is 8.73. The van der Waals surface area contributed by atoms with E-state index in [2.05, 4.69) is 50.2 Å². The van der Waals surface area contributed by atoms with Crippen molar-refractivity contribution in [2.45, 2.75) is 33.1 Å². The van der Waals surface area contributed by atoms with Crippen LogP contribution >= 0.6 is 0 Å². The van der Waals surface area contributed by atoms with Gasteiger partial charge in [-0.2, -0.15) is 0 Å². The Morgan fingerprint density at radius 2 is 1.76 bits per heavy atom. The van der Waals surface area contributed by atoms with E-state index in [-0.39, 0.29) is 0 Å². The molecule has 0 unspecified atom stereocenters. The molecule has 1 aliphatic rings. The van der Waals surface area contributed by atoms with Crippen LogP contribution < -0.4 is 0 Å². The van der Waals surface area contributed by atoms with Gasteiger partial charge in [0.15, 0.2) is 0 Å². The number of fused-ring (bicyclic) bond motifs is 1. The molecule has 0 fully saturated rings. The molecule has 3 rings (SSSR count). The molecule has 1 aliphatic carbocycles. The standard InChI is InChI=1S/C17H18/c1-12-9-10-15(11-13(12)2)17-8-4-6-14-5-3-7-16(14)17/h4,6,8-11H,3,5,7H2,1-2H3. The normalized spacial score (nSPS) is 13.8. The molecular formula is C17H18. The van der Waals surface area contributed by atoms with Crippen molar-refractivity contribution in [2.24, 2.45) is 0 Å². The summed E-state index contributed by atoms with van der Waals surface area (Å²) in [7, 11) is 0. The molecular weight excluding hydrogens is 204 g/mol. The Labute approximate surface area is 103 Å². The van der Waals surface area contributed by atoms with Gasteiger partial charge in [0.25, 0.3) is 0 Å². The first-order chi connectivity index (χ1) is 8.25. The first-order valence-electron chi connectivity index (χ1n) is 6.44. The highest BCUT2D eigenvalue weighted by atomic mass is 14.2. The fourth-order valence-corrected chi connectivity index (χ4v) is 2.80. The molecule has 17 heavy (non-hydrogen) atoms. The zero-order valence-corrected chi connectivity index (χ0v) is 10.6. The molecule has 0 spiro atoms. The first-order valence-corrected chi connectivity index (χ1v) is 6.44. The summed E-state index contributed by atoms with van der Waals surface area (Å²) >= 11 is 0. The van der Waals surface area contributed by atoms with E-state index in [0.29, 0.717) is 0 Å². The fourth-order valence-electron chi connectivity index (χ4n) is 2.80. The van der Waals surface area contributed by atoms with Crippen molar-refractivity contribution >= 4 is 0 Å². The maximum absolute atomic E-state index is 2.32. The zero-order valence-electron chi connectivity index (χ0n) is 10.6. The average Bonchev–Trinajstić information content (AvgIpc) is 2.80. The van der Waals surface area contributed by atoms with Gasteiger partial charge >= 0.3 is 0 Å². The van der Waals surface area contributed by atoms with E-state index in [0.717, 1.165) is 0 Å². The van der Waals surface area contributed by atoms with Gasteiger partial charge in [-0.3, -0.25) is 0 Å². The van der Waals surface area contributed by atoms with Crippen molar-refractivity contribution < 1.29 is 0 Å². The third-order valence-corrected chi connectivity index (χ3v) is 3.96. The zero-order chi connectivity index (χ0) is 11.8. The lowest BCUT2D eigenvalue weighted by Crippen LogP contribution is -1.89. The minimum atomic E-state index is 1.25. The van der Waals surface area contributed by atoms with E-state index in [1.54, 1.807) is 11.1 Å². The molecule has 0 aromatic heterocycles. The Morgan fingerprint density at radius 3 is 2.59 bits per heavy atom. The van der Waals surface area contributed by atoms with Crippen molar-refractivity contribution in [1.82, 2.24) is 0 Å². The summed E-state index contributed by atoms with van der Waals surface area (Å²) in [5, 5.41) is 0. The van der Waals surface area contributed by atoms with Crippen LogP contribution in [0.25, 0.3) is 11.1 Å². The Morgan fingerprint density at radius 1 is 0.882 bits per heavy atom. The third kappa shape index (κ3) is 1.78. The van der Waals surface area contributed by atoms with Gasteiger partial charge in [0.05, 0.1) is 0 Å². The summed E-state index contributed by atoms with van der Waals surface area (Å²) in [4.78, 5) is 0. The number of rotatable bonds is 1. The summed E-state index contributed by atoms with van der Waals surface area (Å²) in [6.45, 7) is 4.37. The van der Waals surface area contributed by atoms with Crippen LogP contribution in [-0.2, 0) is 12.8 Å². The molecule has 86 valence electrons. The lowest BCUT2D eigenvalue weighted by molar-refractivity contribution is 0.912. The molecule has 0 saturated carbocycles. The van der Waals surface area contributed by atoms with Crippen molar-refractivity contribution in [3.8, 4) is 11.1 Å². The lowest BCUT2D eigenvalue weighted by atomic mass is 9.95. The van der Waals surface area contributed by atoms with Gasteiger partial charge < -0.3 is 0 Å². The summed E-state index contributed by atoms with van der Waals surface area (Å²) in [6, 6.07) is 13.6. The Hall–Kier alpha value is -1.56. The van der Waals surface area contributed by atoms with Crippen molar-refractivity contribution in [2.75, 3.05) is 0 Å². The van der Waals surface area contributed by atoms with Crippen molar-refractivity contribution in [1.29, 1.82) is 0 Å². The Kier molecular flexibility index (Phi) is 2.51. The van der Waals surface area contributed by atoms with E-state index in [1.165, 1.54) is 41.5 Å². The maximum atomic E-state index is 2.32. The van der Waals surface area contributed by atoms with Crippen LogP contribution in [-0.4, -0.2) is 0 Å². The van der Waals surface area contributed by atoms with Crippen LogP contribution in [0, 0.1) is 13.8 Å². The van der Waals surface area contributed by atoms with E-state index < -0.39 is 0 Å². The molecule has 0 atom stereocenters. The van der Waals surface area contributed by atoms with Crippen molar-refractivity contribution in [3.63, 3.8) is 0 Å². The third-order valence-electron chi connectivity index (χ3n) is 3.96. The molecule has 0 bridgehead atoms. The van der Waals surface area contributed by atoms with Gasteiger partial charge in [-0.1, -0.05) is 36.4 Å². The Balaban J connectivity index is 2.15. The second-order valence-corrected chi connectivity index (χ2v) is 5.10. The van der Waals surface area contributed by atoms with Gasteiger partial charge in [-0.05, 0) is 66.5 Å². The lowest BCUT2D eigenvalue weighted by Gasteiger charge is -2.10. The quantitative estimate of drug-likeness (QED) is 0.668. The highest BCUT2D eigenvalue weighted by Gasteiger charge is 2.15. The molecule has 0 saturated heterocycles. The molecule has 2 aromatic carbocycles. The van der Waals surface area contributed by atoms with Crippen LogP contribution in [0.2, 0.25) is 0 Å². The van der Waals surface area contributed by atoms with E-state index >= 15 is 0 Å². The van der Waals surface area contributed by atoms with Crippen LogP contribution in [0.3, 0.4) is 0 Å². The molecule has 0 heteroatoms. The summed E-state index contributed by atoms with van der Waals surface area (Å²) in [5.74, 6) is 0. The van der Waals surface area contributed by atoms with Gasteiger partial charge in [0.1, 0.15) is 0 Å². The molecule has 0 nitrogen and oxygen atoms in total. The second-order valence-electron chi connectivity index (χ2n) is 5.10. The predicted molar refractivity (Wildman–Crippen MR) is 73.4 cm³/mol. The summed E-state index contributed by atoms with van der Waals surface area (Å²) in [6.07, 6.45) is 3.82. The molecule has 2 aromatic rings. The highest BCUT2D eigenvalue weighted by molar-refractivity contribution is 5.70. The van der Waals surface area contributed by atoms with Gasteiger partial charge in [-0.15, -0.1) is 0 Å². The fraction of sp³-hybridized carbons (Fsp3) is 0.294. The molecule has 0 aliphatic heterocycles. The van der Waals surface area contributed by atoms with Crippen LogP contribution in [0.5, 0.6) is 0 Å². The maximum Gasteiger partial charge on any atom is -0.0149 e. The minimum absolute atomic E-state index is 1.25. The average molecular weight is 222 g/mol. The molecule has 0 radical (unpaired) electrons. The van der Waals surface area contributed by atoms with E-state index in [1.807, 2.05) is 0 Å². The second kappa shape index (κ2) is 4.03. The SMILES string of the molecule is Cc1ccc(-c2cccc3c2CCC3)cc1C. The highest BCUT2D eigenvalue weighted by Crippen LogP contribution is 2.32. The monoisotopic (exact) mass is 222 g/mol. The number of benzene rings is 2. The van der Waals surface area contributed by atoms with Crippen LogP contribution in [0.4, 0.5) is 0 Å². The van der Waals surface area contributed by atoms with E-state index in [4.69, 9.17) is 0 Å². The summed E-state index contributed by atoms with van der Waals surface area (Å²) < 4.78 is 0. The Bertz CT molecular complexity index is 564. The van der Waals surface area contributed by atoms with Crippen LogP contribution in [0.15, 0.2) is 36.4 Å². The van der Waals surface area contributed by atoms with Crippen molar-refractivity contribution in [3.05, 3.63) is 58.7 Å². The number of hydrogen-bond donors (Lipinski definition) is 0. The molecule has 0 amide bonds. The predicted octanol–water partition coefficient (Wildman–Crippen LogP) is 4.46. The smallest absolute Gasteiger partial charge is 0.0149 e. The van der Waals surface area contributed by atoms with Gasteiger partial charge in [0, 0.05) is 0 Å². The van der Waals surface area contributed by atoms with Gasteiger partial charge in [-0.25, -0.2) is 0 Å². The molecule has 0 heterocycles. The van der Waals surface area contributed by atoms with Gasteiger partial charge in [0.2, 0.25) is 0 Å².